The highest BCUT2D eigenvalue weighted by Crippen LogP contribution is 2.41. The number of nitrogens with one attached hydrogen (secondary N) is 3. The number of aromatic carboxylic acids is 1. The lowest BCUT2D eigenvalue weighted by Gasteiger charge is -2.11. The van der Waals surface area contributed by atoms with Crippen molar-refractivity contribution in [1.29, 1.82) is 0 Å². The molecule has 2 fully saturated rings. The van der Waals surface area contributed by atoms with Crippen LogP contribution >= 0.6 is 0 Å². The molecule has 6 aromatic rings. The zero-order valence-corrected chi connectivity index (χ0v) is 29.9. The SMILES string of the molecule is CC.CC(C)Cn1ccc2cc(Nc3ncc(C4CC4)cc3C(=O)O)ccc21.COC(=O)c1cc(C2CC2)cnc1Nc1ccc2[nH]ccc2c1. The van der Waals surface area contributed by atoms with Crippen LogP contribution in [0.2, 0.25) is 0 Å². The lowest BCUT2D eigenvalue weighted by atomic mass is 10.1. The van der Waals surface area contributed by atoms with Gasteiger partial charge in [-0.2, -0.15) is 0 Å². The fourth-order valence-electron chi connectivity index (χ4n) is 6.10. The summed E-state index contributed by atoms with van der Waals surface area (Å²) >= 11 is 0. The predicted octanol–water partition coefficient (Wildman–Crippen LogP) is 10.0. The van der Waals surface area contributed by atoms with Crippen molar-refractivity contribution in [3.8, 4) is 0 Å². The van der Waals surface area contributed by atoms with E-state index in [0.717, 1.165) is 58.2 Å². The van der Waals surface area contributed by atoms with Crippen molar-refractivity contribution in [2.75, 3.05) is 17.7 Å². The first-order valence-corrected chi connectivity index (χ1v) is 17.8. The number of nitrogens with zero attached hydrogens (tertiary/aromatic N) is 3. The maximum absolute atomic E-state index is 12.1. The Balaban J connectivity index is 0.000000169. The Kier molecular flexibility index (Phi) is 10.7. The highest BCUT2D eigenvalue weighted by molar-refractivity contribution is 5.96. The summed E-state index contributed by atoms with van der Waals surface area (Å²) in [5.74, 6) is 1.19. The maximum atomic E-state index is 12.1. The molecule has 0 unspecified atom stereocenters. The molecule has 0 aliphatic heterocycles. The van der Waals surface area contributed by atoms with Crippen LogP contribution in [0.15, 0.2) is 85.5 Å². The van der Waals surface area contributed by atoms with Gasteiger partial charge in [0, 0.05) is 64.5 Å². The molecule has 264 valence electrons. The first kappa shape index (κ1) is 35.2. The van der Waals surface area contributed by atoms with Gasteiger partial charge in [-0.05, 0) is 115 Å². The number of hydrogen-bond donors (Lipinski definition) is 4. The first-order chi connectivity index (χ1) is 24.7. The Hall–Kier alpha value is -5.64. The number of fused-ring (bicyclic) bond motifs is 2. The number of esters is 1. The van der Waals surface area contributed by atoms with Gasteiger partial charge < -0.3 is 30.0 Å². The number of carboxylic acid groups (broad SMARTS) is 1. The largest absolute Gasteiger partial charge is 0.478 e. The van der Waals surface area contributed by atoms with E-state index in [0.29, 0.717) is 35.0 Å². The topological polar surface area (TPSA) is 134 Å². The number of rotatable bonds is 10. The van der Waals surface area contributed by atoms with Crippen molar-refractivity contribution in [3.63, 3.8) is 0 Å². The van der Waals surface area contributed by atoms with Gasteiger partial charge in [-0.1, -0.05) is 27.7 Å². The summed E-state index contributed by atoms with van der Waals surface area (Å²) in [6, 6.07) is 19.8. The molecule has 4 aromatic heterocycles. The monoisotopic (exact) mass is 686 g/mol. The lowest BCUT2D eigenvalue weighted by Crippen LogP contribution is -2.08. The van der Waals surface area contributed by atoms with Gasteiger partial charge in [0.25, 0.3) is 0 Å². The molecule has 0 atom stereocenters. The smallest absolute Gasteiger partial charge is 0.341 e. The van der Waals surface area contributed by atoms with E-state index in [1.165, 1.54) is 25.5 Å². The molecule has 2 saturated carbocycles. The standard InChI is InChI=1S/C21H23N3O2.C18H17N3O2.C2H6/c1-13(2)12-24-8-7-15-9-17(5-6-19(15)24)23-20-18(21(25)26)10-16(11-22-20)14-3-4-14;1-23-18(22)15-9-13(11-2-3-11)10-20-17(15)21-14-4-5-16-12(8-14)6-7-19-16;1-2/h5-11,13-14H,3-4,12H2,1-2H3,(H,22,23)(H,25,26);4-11,19H,2-3H2,1H3,(H,20,21);1-2H3. The molecule has 4 heterocycles. The number of benzene rings is 2. The molecule has 4 N–H and O–H groups in total. The molecular formula is C41H46N6O4. The molecule has 0 saturated heterocycles. The zero-order chi connectivity index (χ0) is 36.1. The highest BCUT2D eigenvalue weighted by atomic mass is 16.5. The average molecular weight is 687 g/mol. The normalized spacial score (nSPS) is 13.6. The number of methoxy groups -OCH3 is 1. The lowest BCUT2D eigenvalue weighted by molar-refractivity contribution is 0.0600. The molecule has 0 spiro atoms. The Morgan fingerprint density at radius 1 is 0.843 bits per heavy atom. The molecule has 0 radical (unpaired) electrons. The molecule has 2 aliphatic rings. The minimum atomic E-state index is -0.952. The minimum absolute atomic E-state index is 0.229. The number of aromatic amines is 1. The summed E-state index contributed by atoms with van der Waals surface area (Å²) in [5, 5.41) is 18.2. The van der Waals surface area contributed by atoms with Crippen molar-refractivity contribution in [1.82, 2.24) is 19.5 Å². The van der Waals surface area contributed by atoms with Gasteiger partial charge in [0.05, 0.1) is 7.11 Å². The predicted molar refractivity (Wildman–Crippen MR) is 204 cm³/mol. The highest BCUT2D eigenvalue weighted by Gasteiger charge is 2.27. The van der Waals surface area contributed by atoms with E-state index >= 15 is 0 Å². The molecular weight excluding hydrogens is 640 g/mol. The van der Waals surface area contributed by atoms with Gasteiger partial charge in [0.2, 0.25) is 0 Å². The molecule has 0 amide bonds. The van der Waals surface area contributed by atoms with E-state index in [9.17, 15) is 14.7 Å². The second-order valence-corrected chi connectivity index (χ2v) is 13.3. The van der Waals surface area contributed by atoms with E-state index in [1.807, 2.05) is 68.7 Å². The van der Waals surface area contributed by atoms with Gasteiger partial charge in [-0.25, -0.2) is 19.6 Å². The summed E-state index contributed by atoms with van der Waals surface area (Å²) in [6.07, 6.45) is 12.2. The molecule has 10 nitrogen and oxygen atoms in total. The van der Waals surface area contributed by atoms with Gasteiger partial charge in [0.15, 0.2) is 0 Å². The van der Waals surface area contributed by atoms with E-state index < -0.39 is 5.97 Å². The number of aromatic nitrogens is 4. The van der Waals surface area contributed by atoms with Crippen molar-refractivity contribution in [2.24, 2.45) is 5.92 Å². The van der Waals surface area contributed by atoms with Gasteiger partial charge in [-0.15, -0.1) is 0 Å². The van der Waals surface area contributed by atoms with Crippen LogP contribution < -0.4 is 10.6 Å². The Labute approximate surface area is 298 Å². The van der Waals surface area contributed by atoms with E-state index in [2.05, 4.69) is 62.3 Å². The molecule has 10 heteroatoms. The fraction of sp³-hybridized carbons (Fsp3) is 0.317. The summed E-state index contributed by atoms with van der Waals surface area (Å²) < 4.78 is 7.15. The van der Waals surface area contributed by atoms with Gasteiger partial charge >= 0.3 is 11.9 Å². The Morgan fingerprint density at radius 2 is 1.43 bits per heavy atom. The third kappa shape index (κ3) is 8.40. The quantitative estimate of drug-likeness (QED) is 0.105. The summed E-state index contributed by atoms with van der Waals surface area (Å²) in [7, 11) is 1.39. The third-order valence-electron chi connectivity index (χ3n) is 8.96. The number of hydrogen-bond acceptors (Lipinski definition) is 7. The second kappa shape index (κ2) is 15.5. The maximum Gasteiger partial charge on any atom is 0.341 e. The minimum Gasteiger partial charge on any atom is -0.478 e. The number of ether oxygens (including phenoxy) is 1. The average Bonchev–Trinajstić information content (AvgIpc) is 4.08. The van der Waals surface area contributed by atoms with Gasteiger partial charge in [-0.3, -0.25) is 0 Å². The van der Waals surface area contributed by atoms with E-state index in [-0.39, 0.29) is 11.5 Å². The number of carboxylic acids is 1. The van der Waals surface area contributed by atoms with Crippen LogP contribution in [0.3, 0.4) is 0 Å². The Bertz CT molecular complexity index is 2160. The summed E-state index contributed by atoms with van der Waals surface area (Å²) in [4.78, 5) is 35.7. The zero-order valence-electron chi connectivity index (χ0n) is 29.9. The summed E-state index contributed by atoms with van der Waals surface area (Å²) in [6.45, 7) is 9.38. The summed E-state index contributed by atoms with van der Waals surface area (Å²) in [5.41, 5.74) is 6.81. The van der Waals surface area contributed by atoms with Crippen LogP contribution in [0.1, 0.15) is 97.1 Å². The molecule has 0 bridgehead atoms. The number of pyridine rings is 2. The van der Waals surface area contributed by atoms with Crippen molar-refractivity contribution < 1.29 is 19.4 Å². The van der Waals surface area contributed by atoms with Crippen LogP contribution in [0.5, 0.6) is 0 Å². The number of carbonyl (C=O) groups is 2. The molecule has 2 aromatic carbocycles. The second-order valence-electron chi connectivity index (χ2n) is 13.3. The van der Waals surface area contributed by atoms with Crippen molar-refractivity contribution in [2.45, 2.75) is 71.8 Å². The molecule has 8 rings (SSSR count). The fourth-order valence-corrected chi connectivity index (χ4v) is 6.10. The first-order valence-electron chi connectivity index (χ1n) is 17.8. The Morgan fingerprint density at radius 3 is 2.02 bits per heavy atom. The third-order valence-corrected chi connectivity index (χ3v) is 8.96. The van der Waals surface area contributed by atoms with E-state index in [4.69, 9.17) is 4.74 Å². The van der Waals surface area contributed by atoms with Crippen LogP contribution in [-0.4, -0.2) is 43.7 Å². The van der Waals surface area contributed by atoms with Crippen LogP contribution in [-0.2, 0) is 11.3 Å². The van der Waals surface area contributed by atoms with Crippen molar-refractivity contribution >= 4 is 56.8 Å². The number of anilines is 4. The van der Waals surface area contributed by atoms with Crippen LogP contribution in [0.4, 0.5) is 23.0 Å². The van der Waals surface area contributed by atoms with E-state index in [1.54, 1.807) is 12.3 Å². The number of carbonyl (C=O) groups excluding carboxylic acids is 1. The van der Waals surface area contributed by atoms with Gasteiger partial charge in [0.1, 0.15) is 22.8 Å². The van der Waals surface area contributed by atoms with Crippen molar-refractivity contribution in [3.05, 3.63) is 108 Å². The molecule has 2 aliphatic carbocycles. The van der Waals surface area contributed by atoms with Crippen LogP contribution in [0, 0.1) is 5.92 Å². The van der Waals surface area contributed by atoms with Crippen LogP contribution in [0.25, 0.3) is 21.8 Å². The number of H-pyrrole nitrogens is 1. The molecule has 51 heavy (non-hydrogen) atoms.